The fraction of sp³-hybridized carbons (Fsp3) is 0.308. The second-order valence-corrected chi connectivity index (χ2v) is 36.9. The van der Waals surface area contributed by atoms with Crippen molar-refractivity contribution in [1.82, 2.24) is 19.6 Å². The molecule has 0 N–H and O–H groups in total. The highest BCUT2D eigenvalue weighted by Gasteiger charge is 2.48. The number of benzene rings is 11. The van der Waals surface area contributed by atoms with Gasteiger partial charge in [0, 0.05) is 78.2 Å². The SMILES string of the molecule is C.C=C(C)C(=O)OCCN(CCOC(=O)C(=C)C)C(=O)C(Cc1ccccc1)N1C(=O)c2cc(Oc3ccc(C(C)(C)C)cc3)c3c4c(Oc5ccc(C(C)(C)C)cc5)cc5c6c(cc(Oc7ccc(C(C)(C)C)cc7)c(c7c(Oc8ccc(C(C)(C)C)cc8)cc(c2c37)C1=O)c64)C(=O)N(C(Cc1ccccc1)C(=O)N(CCOC(=O)C(=C)C)CCOC(=O)C(=C)C)C5=O. The van der Waals surface area contributed by atoms with Crippen LogP contribution in [0.15, 0.2) is 231 Å². The van der Waals surface area contributed by atoms with Gasteiger partial charge in [-0.25, -0.2) is 19.2 Å². The number of esters is 4. The van der Waals surface area contributed by atoms with Crippen molar-refractivity contribution in [2.75, 3.05) is 52.6 Å². The minimum atomic E-state index is -1.70. The van der Waals surface area contributed by atoms with Crippen LogP contribution in [0.25, 0.3) is 43.1 Å². The lowest BCUT2D eigenvalue weighted by atomic mass is 9.80. The van der Waals surface area contributed by atoms with Gasteiger partial charge in [-0.2, -0.15) is 0 Å². The number of hydrogen-bond donors (Lipinski definition) is 0. The molecule has 0 saturated carbocycles. The second-order valence-electron chi connectivity index (χ2n) is 36.9. The molecular formula is C107H112N4O18. The van der Waals surface area contributed by atoms with Crippen LogP contribution in [0.3, 0.4) is 0 Å². The lowest BCUT2D eigenvalue weighted by molar-refractivity contribution is -0.145. The van der Waals surface area contributed by atoms with Gasteiger partial charge in [-0.3, -0.25) is 38.6 Å². The predicted molar refractivity (Wildman–Crippen MR) is 500 cm³/mol. The predicted octanol–water partition coefficient (Wildman–Crippen LogP) is 21.3. The molecule has 0 aromatic heterocycles. The number of rotatable bonds is 32. The third-order valence-corrected chi connectivity index (χ3v) is 22.9. The molecule has 0 fully saturated rings. The molecule has 668 valence electrons. The normalized spacial score (nSPS) is 13.2. The average Bonchev–Trinajstić information content (AvgIpc) is 0.668. The van der Waals surface area contributed by atoms with E-state index in [9.17, 15) is 19.2 Å². The van der Waals surface area contributed by atoms with E-state index in [-0.39, 0.29) is 228 Å². The third kappa shape index (κ3) is 20.2. The summed E-state index contributed by atoms with van der Waals surface area (Å²) in [4.78, 5) is 158. The molecule has 2 heterocycles. The van der Waals surface area contributed by atoms with Crippen LogP contribution in [0.5, 0.6) is 46.0 Å². The summed E-state index contributed by atoms with van der Waals surface area (Å²) in [5, 5.41) is 1.14. The van der Waals surface area contributed by atoms with Crippen molar-refractivity contribution in [1.29, 1.82) is 0 Å². The Morgan fingerprint density at radius 3 is 0.713 bits per heavy atom. The fourth-order valence-corrected chi connectivity index (χ4v) is 15.9. The number of fused-ring (bicyclic) bond motifs is 2. The second kappa shape index (κ2) is 37.9. The molecule has 13 rings (SSSR count). The number of ether oxygens (including phenoxy) is 8. The fourth-order valence-electron chi connectivity index (χ4n) is 15.9. The number of carbonyl (C=O) groups excluding carboxylic acids is 10. The highest BCUT2D eigenvalue weighted by molar-refractivity contribution is 6.45. The molecule has 22 heteroatoms. The summed E-state index contributed by atoms with van der Waals surface area (Å²) in [6.45, 7) is 42.9. The van der Waals surface area contributed by atoms with Crippen molar-refractivity contribution < 1.29 is 85.8 Å². The van der Waals surface area contributed by atoms with E-state index in [1.54, 1.807) is 109 Å². The summed E-state index contributed by atoms with van der Waals surface area (Å²) in [5.74, 6) is -7.44. The Morgan fingerprint density at radius 1 is 0.310 bits per heavy atom. The lowest BCUT2D eigenvalue weighted by Gasteiger charge is -2.37. The highest BCUT2D eigenvalue weighted by atomic mass is 16.5. The van der Waals surface area contributed by atoms with Gasteiger partial charge in [-0.05, 0) is 156 Å². The first-order chi connectivity index (χ1) is 60.5. The van der Waals surface area contributed by atoms with Gasteiger partial charge in [-0.15, -0.1) is 0 Å². The maximum atomic E-state index is 17.1. The van der Waals surface area contributed by atoms with Gasteiger partial charge >= 0.3 is 23.9 Å². The van der Waals surface area contributed by atoms with E-state index >= 15 is 28.8 Å². The molecule has 11 aromatic rings. The Morgan fingerprint density at radius 2 is 0.519 bits per heavy atom. The minimum absolute atomic E-state index is 0. The largest absolute Gasteiger partial charge is 0.460 e. The summed E-state index contributed by atoms with van der Waals surface area (Å²) in [6.07, 6.45) is -0.537. The Balaban J connectivity index is 0.0000151. The molecular weight excluding hydrogens is 1630 g/mol. The molecule has 2 aliphatic heterocycles. The lowest BCUT2D eigenvalue weighted by Crippen LogP contribution is -2.56. The van der Waals surface area contributed by atoms with Crippen molar-refractivity contribution in [3.8, 4) is 46.0 Å². The maximum Gasteiger partial charge on any atom is 0.333 e. The van der Waals surface area contributed by atoms with E-state index in [0.29, 0.717) is 11.1 Å². The van der Waals surface area contributed by atoms with Gasteiger partial charge in [0.1, 0.15) is 84.5 Å². The van der Waals surface area contributed by atoms with E-state index in [4.69, 9.17) is 37.9 Å². The summed E-state index contributed by atoms with van der Waals surface area (Å²) >= 11 is 0. The summed E-state index contributed by atoms with van der Waals surface area (Å²) in [7, 11) is 0. The molecule has 0 bridgehead atoms. The highest BCUT2D eigenvalue weighted by Crippen LogP contribution is 2.59. The standard InChI is InChI=1S/C106H108N4O18.CH4/c1-61(2)99(117)121-51-47-107(48-52-122-100(118)62(3)4)97(115)79(55-65-27-23-21-24-28-65)109-93(111)75-57-81(125-71-39-31-67(32-40-71)103(9,10)11)87-89-83(127-73-43-35-69(36-44-73)105(15,16)17)59-77-86-78(96(114)110(95(77)113)80(56-66-29-25-22-26-30-66)98(116)108(49-53-123-101(119)63(5)6)50-54-124-102(120)64(7)8)60-84(128-74-45-37-70(38-46-74)106(18,19)20)90(92(86)89)88-82(58-76(94(109)112)85(75)91(87)88)126-72-41-33-68(34-42-72)104(12,13)14;/h21-46,57-60,79-80H,1,3,5,7,47-56H2,2,4,6,8-20H3;1H4. The average molecular weight is 1740 g/mol. The molecule has 2 aliphatic rings. The number of imide groups is 2. The van der Waals surface area contributed by atoms with E-state index in [1.165, 1.54) is 61.8 Å². The monoisotopic (exact) mass is 1740 g/mol. The number of nitrogens with zero attached hydrogens (tertiary/aromatic N) is 4. The molecule has 6 amide bonds. The quantitative estimate of drug-likeness (QED) is 0.00947. The van der Waals surface area contributed by atoms with Crippen LogP contribution >= 0.6 is 0 Å². The molecule has 2 unspecified atom stereocenters. The van der Waals surface area contributed by atoms with Crippen LogP contribution in [0.4, 0.5) is 0 Å². The first-order valence-electron chi connectivity index (χ1n) is 42.7. The molecule has 22 nitrogen and oxygen atoms in total. The molecule has 2 atom stereocenters. The third-order valence-electron chi connectivity index (χ3n) is 22.9. The Bertz CT molecular complexity index is 5590. The first kappa shape index (κ1) is 94.1. The Labute approximate surface area is 753 Å². The van der Waals surface area contributed by atoms with Crippen molar-refractivity contribution in [2.45, 2.75) is 165 Å². The van der Waals surface area contributed by atoms with Gasteiger partial charge in [0.25, 0.3) is 23.6 Å². The number of carbonyl (C=O) groups is 10. The molecule has 129 heavy (non-hydrogen) atoms. The van der Waals surface area contributed by atoms with Gasteiger partial charge in [0.05, 0.1) is 48.4 Å². The minimum Gasteiger partial charge on any atom is -0.460 e. The number of amides is 6. The van der Waals surface area contributed by atoms with Crippen molar-refractivity contribution in [3.05, 3.63) is 286 Å². The van der Waals surface area contributed by atoms with E-state index in [2.05, 4.69) is 109 Å². The molecule has 0 saturated heterocycles. The van der Waals surface area contributed by atoms with Gasteiger partial charge < -0.3 is 47.7 Å². The van der Waals surface area contributed by atoms with E-state index < -0.39 is 71.4 Å². The molecule has 0 radical (unpaired) electrons. The zero-order chi connectivity index (χ0) is 92.5. The van der Waals surface area contributed by atoms with Crippen LogP contribution in [-0.4, -0.2) is 144 Å². The van der Waals surface area contributed by atoms with Crippen molar-refractivity contribution in [3.63, 3.8) is 0 Å². The zero-order valence-electron chi connectivity index (χ0n) is 75.5. The van der Waals surface area contributed by atoms with Crippen LogP contribution in [0.1, 0.15) is 193 Å². The molecule has 11 aromatic carbocycles. The topological polar surface area (TPSA) is 258 Å². The summed E-state index contributed by atoms with van der Waals surface area (Å²) < 4.78 is 52.2. The van der Waals surface area contributed by atoms with Crippen LogP contribution in [0.2, 0.25) is 0 Å². The van der Waals surface area contributed by atoms with Crippen LogP contribution in [-0.2, 0) is 82.2 Å². The summed E-state index contributed by atoms with van der Waals surface area (Å²) in [5.41, 5.74) is 3.25. The van der Waals surface area contributed by atoms with E-state index in [0.717, 1.165) is 32.1 Å². The Kier molecular flexibility index (Phi) is 27.6. The molecule has 0 spiro atoms. The molecule has 0 aliphatic carbocycles. The Hall–Kier alpha value is -14.0. The van der Waals surface area contributed by atoms with E-state index in [1.807, 2.05) is 48.5 Å². The zero-order valence-corrected chi connectivity index (χ0v) is 75.5. The van der Waals surface area contributed by atoms with Crippen LogP contribution < -0.4 is 18.9 Å². The number of hydrogen-bond acceptors (Lipinski definition) is 18. The smallest absolute Gasteiger partial charge is 0.333 e. The summed E-state index contributed by atoms with van der Waals surface area (Å²) in [6, 6.07) is 50.0. The van der Waals surface area contributed by atoms with Crippen LogP contribution in [0, 0.1) is 0 Å². The van der Waals surface area contributed by atoms with Gasteiger partial charge in [-0.1, -0.05) is 226 Å². The van der Waals surface area contributed by atoms with Gasteiger partial charge in [0.15, 0.2) is 0 Å². The van der Waals surface area contributed by atoms with Crippen molar-refractivity contribution in [2.24, 2.45) is 0 Å². The van der Waals surface area contributed by atoms with Crippen molar-refractivity contribution >= 4 is 102 Å². The maximum absolute atomic E-state index is 17.1. The first-order valence-corrected chi connectivity index (χ1v) is 42.7. The van der Waals surface area contributed by atoms with Gasteiger partial charge in [0.2, 0.25) is 11.8 Å².